The van der Waals surface area contributed by atoms with Gasteiger partial charge in [0, 0.05) is 23.7 Å². The second-order valence-corrected chi connectivity index (χ2v) is 7.97. The molecule has 5 atom stereocenters. The van der Waals surface area contributed by atoms with E-state index in [0.29, 0.717) is 11.8 Å². The number of piperidine rings is 3. The normalized spacial score (nSPS) is 26.8. The molecule has 3 saturated heterocycles. The van der Waals surface area contributed by atoms with Crippen LogP contribution in [0.3, 0.4) is 0 Å². The van der Waals surface area contributed by atoms with Gasteiger partial charge in [-0.15, -0.1) is 6.58 Å². The minimum atomic E-state index is -0.998. The summed E-state index contributed by atoms with van der Waals surface area (Å²) in [5.74, 6) is -0.461. The number of hydrogen-bond acceptors (Lipinski definition) is 5. The van der Waals surface area contributed by atoms with Crippen LogP contribution in [0.25, 0.3) is 10.9 Å². The van der Waals surface area contributed by atoms with Gasteiger partial charge in [0.1, 0.15) is 6.10 Å². The van der Waals surface area contributed by atoms with Crippen LogP contribution in [0.4, 0.5) is 0 Å². The highest BCUT2D eigenvalue weighted by atomic mass is 16.5. The van der Waals surface area contributed by atoms with Crippen LogP contribution in [-0.4, -0.2) is 46.1 Å². The van der Waals surface area contributed by atoms with Gasteiger partial charge in [0.2, 0.25) is 0 Å². The predicted octanol–water partition coefficient (Wildman–Crippen LogP) is 3.58. The van der Waals surface area contributed by atoms with Crippen LogP contribution >= 0.6 is 0 Å². The molecule has 1 aromatic heterocycles. The Morgan fingerprint density at radius 1 is 1.31 bits per heavy atom. The molecule has 2 aromatic rings. The van der Waals surface area contributed by atoms with Crippen molar-refractivity contribution in [3.63, 3.8) is 0 Å². The van der Waals surface area contributed by atoms with E-state index in [1.54, 1.807) is 6.20 Å². The summed E-state index contributed by atoms with van der Waals surface area (Å²) in [5, 5.41) is 9.88. The Bertz CT molecular complexity index is 923. The van der Waals surface area contributed by atoms with Crippen molar-refractivity contribution in [3.05, 3.63) is 54.7 Å². The van der Waals surface area contributed by atoms with E-state index < -0.39 is 18.0 Å². The summed E-state index contributed by atoms with van der Waals surface area (Å²) in [6.45, 7) is 5.89. The first-order valence-corrected chi connectivity index (χ1v) is 10.2. The molecule has 6 heteroatoms. The molecule has 0 amide bonds. The maximum Gasteiger partial charge on any atom is 0.307 e. The second-order valence-electron chi connectivity index (χ2n) is 7.97. The number of hydrogen-bond donors (Lipinski definition) is 1. The number of carboxylic acids is 1. The molecule has 0 aliphatic carbocycles. The van der Waals surface area contributed by atoms with Gasteiger partial charge >= 0.3 is 11.9 Å². The molecule has 29 heavy (non-hydrogen) atoms. The Hall–Kier alpha value is -2.73. The highest BCUT2D eigenvalue weighted by molar-refractivity contribution is 5.83. The Kier molecular flexibility index (Phi) is 5.62. The second kappa shape index (κ2) is 8.33. The van der Waals surface area contributed by atoms with Gasteiger partial charge < -0.3 is 9.84 Å². The highest BCUT2D eigenvalue weighted by Crippen LogP contribution is 2.43. The Morgan fingerprint density at radius 2 is 2.14 bits per heavy atom. The third-order valence-corrected chi connectivity index (χ3v) is 6.29. The third-order valence-electron chi connectivity index (χ3n) is 6.29. The van der Waals surface area contributed by atoms with E-state index >= 15 is 0 Å². The van der Waals surface area contributed by atoms with E-state index in [9.17, 15) is 9.59 Å². The maximum atomic E-state index is 12.5. The molecule has 0 radical (unpaired) electrons. The van der Waals surface area contributed by atoms with Gasteiger partial charge in [-0.3, -0.25) is 19.5 Å². The number of esters is 1. The fraction of sp³-hybridized carbons (Fsp3) is 0.435. The summed E-state index contributed by atoms with van der Waals surface area (Å²) >= 11 is 0. The molecule has 3 aliphatic rings. The average molecular weight is 394 g/mol. The summed E-state index contributed by atoms with van der Waals surface area (Å²) in [7, 11) is 0. The molecule has 1 aromatic carbocycles. The van der Waals surface area contributed by atoms with Crippen LogP contribution in [0.2, 0.25) is 0 Å². The van der Waals surface area contributed by atoms with Crippen LogP contribution in [0.1, 0.15) is 37.4 Å². The fourth-order valence-electron chi connectivity index (χ4n) is 4.82. The molecule has 3 fully saturated rings. The molecule has 5 rings (SSSR count). The number of fused-ring (bicyclic) bond motifs is 4. The maximum absolute atomic E-state index is 12.5. The van der Waals surface area contributed by atoms with Crippen LogP contribution in [0.15, 0.2) is 49.2 Å². The van der Waals surface area contributed by atoms with E-state index in [1.165, 1.54) is 0 Å². The van der Waals surface area contributed by atoms with E-state index in [4.69, 9.17) is 9.84 Å². The van der Waals surface area contributed by atoms with Crippen LogP contribution in [0, 0.1) is 11.8 Å². The van der Waals surface area contributed by atoms with E-state index in [0.717, 1.165) is 42.4 Å². The smallest absolute Gasteiger partial charge is 0.307 e. The zero-order valence-corrected chi connectivity index (χ0v) is 16.4. The minimum absolute atomic E-state index is 0.0736. The first-order valence-electron chi connectivity index (χ1n) is 10.2. The minimum Gasteiger partial charge on any atom is -0.481 e. The molecular formula is C23H26N2O4. The monoisotopic (exact) mass is 394 g/mol. The van der Waals surface area contributed by atoms with Crippen molar-refractivity contribution < 1.29 is 19.4 Å². The summed E-state index contributed by atoms with van der Waals surface area (Å²) in [6.07, 6.45) is 5.06. The van der Waals surface area contributed by atoms with Gasteiger partial charge in [0.15, 0.2) is 0 Å². The van der Waals surface area contributed by atoms with E-state index in [1.807, 2.05) is 36.4 Å². The van der Waals surface area contributed by atoms with Gasteiger partial charge in [0.05, 0.1) is 24.4 Å². The zero-order chi connectivity index (χ0) is 20.4. The van der Waals surface area contributed by atoms with Crippen LogP contribution in [0.5, 0.6) is 0 Å². The Balaban J connectivity index is 1.67. The number of pyridine rings is 1. The number of carbonyl (C=O) groups is 2. The molecule has 4 heterocycles. The molecule has 1 unspecified atom stereocenters. The SMILES string of the molecule is C=C[C@@H]1CN2CC[C@H]1C[C@H]2[C@H](OC(=O)CCC(=O)O)c1ccnc2ccccc12. The number of carboxylic acid groups (broad SMARTS) is 1. The van der Waals surface area contributed by atoms with Crippen molar-refractivity contribution in [2.24, 2.45) is 11.8 Å². The zero-order valence-electron chi connectivity index (χ0n) is 16.4. The first-order chi connectivity index (χ1) is 14.1. The van der Waals surface area contributed by atoms with Crippen LogP contribution < -0.4 is 0 Å². The van der Waals surface area contributed by atoms with Gasteiger partial charge in [-0.25, -0.2) is 0 Å². The van der Waals surface area contributed by atoms with Crippen molar-refractivity contribution in [1.82, 2.24) is 9.88 Å². The lowest BCUT2D eigenvalue weighted by Gasteiger charge is -2.51. The van der Waals surface area contributed by atoms with Crippen molar-refractivity contribution in [1.29, 1.82) is 0 Å². The molecule has 6 nitrogen and oxygen atoms in total. The summed E-state index contributed by atoms with van der Waals surface area (Å²) < 4.78 is 5.96. The molecule has 0 spiro atoms. The lowest BCUT2D eigenvalue weighted by atomic mass is 9.73. The van der Waals surface area contributed by atoms with E-state index in [2.05, 4.69) is 16.5 Å². The average Bonchev–Trinajstić information content (AvgIpc) is 2.76. The molecule has 152 valence electrons. The first kappa shape index (κ1) is 19.6. The number of aromatic nitrogens is 1. The van der Waals surface area contributed by atoms with Crippen molar-refractivity contribution in [3.8, 4) is 0 Å². The Labute approximate surface area is 170 Å². The highest BCUT2D eigenvalue weighted by Gasteiger charge is 2.44. The largest absolute Gasteiger partial charge is 0.481 e. The van der Waals surface area contributed by atoms with Crippen molar-refractivity contribution in [2.45, 2.75) is 37.8 Å². The predicted molar refractivity (Wildman–Crippen MR) is 109 cm³/mol. The topological polar surface area (TPSA) is 79.7 Å². The molecule has 2 bridgehead atoms. The number of para-hydroxylation sites is 1. The van der Waals surface area contributed by atoms with Gasteiger partial charge in [0.25, 0.3) is 0 Å². The fourth-order valence-corrected chi connectivity index (χ4v) is 4.82. The van der Waals surface area contributed by atoms with E-state index in [-0.39, 0.29) is 18.9 Å². The number of rotatable bonds is 7. The lowest BCUT2D eigenvalue weighted by Crippen LogP contribution is -2.55. The number of nitrogens with zero attached hydrogens (tertiary/aromatic N) is 2. The number of benzene rings is 1. The summed E-state index contributed by atoms with van der Waals surface area (Å²) in [5.41, 5.74) is 1.79. The quantitative estimate of drug-likeness (QED) is 0.571. The number of aliphatic carboxylic acids is 1. The standard InChI is InChI=1S/C23H26N2O4/c1-2-15-14-25-12-10-16(15)13-20(25)23(29-22(28)8-7-21(26)27)18-9-11-24-19-6-4-3-5-17(18)19/h2-6,9,11,15-16,20,23H,1,7-8,10,12-14H2,(H,26,27)/t15-,16+,20+,23-/m1/s1. The lowest BCUT2D eigenvalue weighted by molar-refractivity contribution is -0.159. The van der Waals surface area contributed by atoms with Gasteiger partial charge in [-0.05, 0) is 43.4 Å². The third kappa shape index (κ3) is 4.03. The van der Waals surface area contributed by atoms with Gasteiger partial charge in [-0.2, -0.15) is 0 Å². The van der Waals surface area contributed by atoms with Crippen LogP contribution in [-0.2, 0) is 14.3 Å². The Morgan fingerprint density at radius 3 is 2.86 bits per heavy atom. The molecule has 1 N–H and O–H groups in total. The molecule has 0 saturated carbocycles. The summed E-state index contributed by atoms with van der Waals surface area (Å²) in [6, 6.07) is 9.84. The summed E-state index contributed by atoms with van der Waals surface area (Å²) in [4.78, 5) is 30.2. The molecular weight excluding hydrogens is 368 g/mol. The number of ether oxygens (including phenoxy) is 1. The van der Waals surface area contributed by atoms with Gasteiger partial charge in [-0.1, -0.05) is 24.3 Å². The number of carbonyl (C=O) groups excluding carboxylic acids is 1. The molecule has 3 aliphatic heterocycles. The van der Waals surface area contributed by atoms with Crippen molar-refractivity contribution in [2.75, 3.05) is 13.1 Å². The van der Waals surface area contributed by atoms with Crippen molar-refractivity contribution >= 4 is 22.8 Å².